The van der Waals surface area contributed by atoms with Crippen LogP contribution >= 0.6 is 11.8 Å². The summed E-state index contributed by atoms with van der Waals surface area (Å²) in [7, 11) is 0. The van der Waals surface area contributed by atoms with Crippen LogP contribution in [0.4, 0.5) is 0 Å². The molecule has 0 aromatic heterocycles. The highest BCUT2D eigenvalue weighted by Crippen LogP contribution is 2.11. The number of hydrogen-bond donors (Lipinski definition) is 2. The third kappa shape index (κ3) is 6.29. The number of carboxylic acid groups (broad SMARTS) is 1. The van der Waals surface area contributed by atoms with Crippen LogP contribution in [0.2, 0.25) is 0 Å². The van der Waals surface area contributed by atoms with Crippen molar-refractivity contribution in [3.63, 3.8) is 0 Å². The summed E-state index contributed by atoms with van der Waals surface area (Å²) >= 11 is 1.48. The zero-order valence-electron chi connectivity index (χ0n) is 11.0. The largest absolute Gasteiger partial charge is 0.480 e. The number of carbonyl (C=O) groups excluding carboxylic acids is 1. The summed E-state index contributed by atoms with van der Waals surface area (Å²) in [6.07, 6.45) is 1.19. The van der Waals surface area contributed by atoms with E-state index < -0.39 is 12.0 Å². The molecule has 104 valence electrons. The van der Waals surface area contributed by atoms with Crippen LogP contribution in [-0.4, -0.2) is 28.8 Å². The molecule has 0 unspecified atom stereocenters. The number of amides is 1. The Labute approximate surface area is 117 Å². The Morgan fingerprint density at radius 3 is 2.58 bits per heavy atom. The average molecular weight is 281 g/mol. The van der Waals surface area contributed by atoms with Crippen LogP contribution in [-0.2, 0) is 15.3 Å². The molecule has 0 saturated carbocycles. The van der Waals surface area contributed by atoms with Crippen molar-refractivity contribution in [2.75, 3.05) is 5.75 Å². The van der Waals surface area contributed by atoms with Gasteiger partial charge in [0.05, 0.1) is 5.75 Å². The normalized spacial score (nSPS) is 11.8. The SMILES string of the molecule is CCC[C@@H](NC(=O)CSCc1ccccc1)C(=O)O. The van der Waals surface area contributed by atoms with E-state index in [0.29, 0.717) is 6.42 Å². The first kappa shape index (κ1) is 15.6. The summed E-state index contributed by atoms with van der Waals surface area (Å²) in [5, 5.41) is 11.5. The second-order valence-corrected chi connectivity index (χ2v) is 5.21. The number of nitrogens with one attached hydrogen (secondary N) is 1. The van der Waals surface area contributed by atoms with Crippen molar-refractivity contribution in [1.29, 1.82) is 0 Å². The van der Waals surface area contributed by atoms with E-state index >= 15 is 0 Å². The van der Waals surface area contributed by atoms with E-state index in [1.165, 1.54) is 11.8 Å². The lowest BCUT2D eigenvalue weighted by molar-refractivity contribution is -0.141. The first-order chi connectivity index (χ1) is 9.13. The van der Waals surface area contributed by atoms with Crippen molar-refractivity contribution in [2.24, 2.45) is 0 Å². The molecule has 0 aliphatic carbocycles. The lowest BCUT2D eigenvalue weighted by Crippen LogP contribution is -2.41. The molecule has 2 N–H and O–H groups in total. The van der Waals surface area contributed by atoms with Crippen molar-refractivity contribution < 1.29 is 14.7 Å². The van der Waals surface area contributed by atoms with Gasteiger partial charge in [-0.1, -0.05) is 43.7 Å². The maximum Gasteiger partial charge on any atom is 0.326 e. The third-order valence-corrected chi connectivity index (χ3v) is 3.56. The maximum atomic E-state index is 11.6. The summed E-state index contributed by atoms with van der Waals surface area (Å²) in [6.45, 7) is 1.90. The minimum atomic E-state index is -0.969. The molecule has 1 rings (SSSR count). The van der Waals surface area contributed by atoms with Gasteiger partial charge >= 0.3 is 5.97 Å². The number of rotatable bonds is 8. The molecule has 0 heterocycles. The van der Waals surface area contributed by atoms with Crippen LogP contribution in [0, 0.1) is 0 Å². The number of carboxylic acids is 1. The fourth-order valence-electron chi connectivity index (χ4n) is 1.62. The molecule has 0 radical (unpaired) electrons. The van der Waals surface area contributed by atoms with Crippen LogP contribution in [0.1, 0.15) is 25.3 Å². The number of carbonyl (C=O) groups is 2. The van der Waals surface area contributed by atoms with Gasteiger partial charge in [0.1, 0.15) is 6.04 Å². The lowest BCUT2D eigenvalue weighted by atomic mass is 10.2. The predicted molar refractivity (Wildman–Crippen MR) is 77.1 cm³/mol. The van der Waals surface area contributed by atoms with E-state index in [0.717, 1.165) is 17.7 Å². The second-order valence-electron chi connectivity index (χ2n) is 4.23. The van der Waals surface area contributed by atoms with Crippen LogP contribution in [0.25, 0.3) is 0 Å². The van der Waals surface area contributed by atoms with E-state index in [2.05, 4.69) is 5.32 Å². The first-order valence-corrected chi connectivity index (χ1v) is 7.42. The number of thioether (sulfide) groups is 1. The van der Waals surface area contributed by atoms with E-state index in [-0.39, 0.29) is 11.7 Å². The molecular weight excluding hydrogens is 262 g/mol. The van der Waals surface area contributed by atoms with Gasteiger partial charge in [0.2, 0.25) is 5.91 Å². The molecule has 5 heteroatoms. The van der Waals surface area contributed by atoms with E-state index in [9.17, 15) is 9.59 Å². The molecule has 0 aliphatic heterocycles. The molecule has 4 nitrogen and oxygen atoms in total. The minimum absolute atomic E-state index is 0.221. The summed E-state index contributed by atoms with van der Waals surface area (Å²) in [4.78, 5) is 22.5. The van der Waals surface area contributed by atoms with Crippen molar-refractivity contribution in [2.45, 2.75) is 31.6 Å². The van der Waals surface area contributed by atoms with Crippen molar-refractivity contribution in [3.05, 3.63) is 35.9 Å². The van der Waals surface area contributed by atoms with Crippen molar-refractivity contribution in [3.8, 4) is 0 Å². The molecule has 0 aliphatic rings. The Morgan fingerprint density at radius 1 is 1.32 bits per heavy atom. The Morgan fingerprint density at radius 2 is 2.00 bits per heavy atom. The first-order valence-electron chi connectivity index (χ1n) is 6.27. The lowest BCUT2D eigenvalue weighted by Gasteiger charge is -2.13. The minimum Gasteiger partial charge on any atom is -0.480 e. The summed E-state index contributed by atoms with van der Waals surface area (Å²) < 4.78 is 0. The zero-order valence-corrected chi connectivity index (χ0v) is 11.8. The highest BCUT2D eigenvalue weighted by Gasteiger charge is 2.18. The van der Waals surface area contributed by atoms with Crippen molar-refractivity contribution in [1.82, 2.24) is 5.32 Å². The summed E-state index contributed by atoms with van der Waals surface area (Å²) in [5.74, 6) is -0.160. The molecule has 0 fully saturated rings. The molecule has 0 spiro atoms. The van der Waals surface area contributed by atoms with Crippen molar-refractivity contribution >= 4 is 23.6 Å². The zero-order chi connectivity index (χ0) is 14.1. The van der Waals surface area contributed by atoms with Gasteiger partial charge in [-0.2, -0.15) is 0 Å². The highest BCUT2D eigenvalue weighted by molar-refractivity contribution is 7.99. The molecule has 1 amide bonds. The monoisotopic (exact) mass is 281 g/mol. The number of aliphatic carboxylic acids is 1. The fourth-order valence-corrected chi connectivity index (χ4v) is 2.42. The molecule has 1 atom stereocenters. The van der Waals surface area contributed by atoms with E-state index in [1.807, 2.05) is 37.3 Å². The molecular formula is C14H19NO3S. The van der Waals surface area contributed by atoms with Crippen LogP contribution in [0.5, 0.6) is 0 Å². The second kappa shape index (κ2) is 8.58. The summed E-state index contributed by atoms with van der Waals surface area (Å²) in [6, 6.07) is 9.09. The van der Waals surface area contributed by atoms with Gasteiger partial charge in [-0.15, -0.1) is 11.8 Å². The highest BCUT2D eigenvalue weighted by atomic mass is 32.2. The van der Waals surface area contributed by atoms with Gasteiger partial charge in [-0.3, -0.25) is 4.79 Å². The molecule has 1 aromatic rings. The van der Waals surface area contributed by atoms with Gasteiger partial charge in [0.15, 0.2) is 0 Å². The fraction of sp³-hybridized carbons (Fsp3) is 0.429. The Kier molecular flexibility index (Phi) is 7.03. The Balaban J connectivity index is 2.29. The van der Waals surface area contributed by atoms with E-state index in [1.54, 1.807) is 0 Å². The van der Waals surface area contributed by atoms with Gasteiger partial charge in [0, 0.05) is 5.75 Å². The number of hydrogen-bond acceptors (Lipinski definition) is 3. The quantitative estimate of drug-likeness (QED) is 0.767. The van der Waals surface area contributed by atoms with Crippen LogP contribution in [0.3, 0.4) is 0 Å². The van der Waals surface area contributed by atoms with Crippen LogP contribution < -0.4 is 5.32 Å². The van der Waals surface area contributed by atoms with Gasteiger partial charge in [0.25, 0.3) is 0 Å². The predicted octanol–water partition coefficient (Wildman–Crippen LogP) is 2.29. The van der Waals surface area contributed by atoms with Gasteiger partial charge in [-0.05, 0) is 12.0 Å². The van der Waals surface area contributed by atoms with Gasteiger partial charge in [-0.25, -0.2) is 4.79 Å². The number of benzene rings is 1. The topological polar surface area (TPSA) is 66.4 Å². The Hall–Kier alpha value is -1.49. The molecule has 19 heavy (non-hydrogen) atoms. The molecule has 0 saturated heterocycles. The average Bonchev–Trinajstić information content (AvgIpc) is 2.39. The molecule has 0 bridgehead atoms. The Bertz CT molecular complexity index is 408. The molecule has 1 aromatic carbocycles. The van der Waals surface area contributed by atoms with E-state index in [4.69, 9.17) is 5.11 Å². The van der Waals surface area contributed by atoms with Gasteiger partial charge < -0.3 is 10.4 Å². The smallest absolute Gasteiger partial charge is 0.326 e. The third-order valence-electron chi connectivity index (χ3n) is 2.56. The summed E-state index contributed by atoms with van der Waals surface area (Å²) in [5.41, 5.74) is 1.16. The standard InChI is InChI=1S/C14H19NO3S/c1-2-6-12(14(17)18)15-13(16)10-19-9-11-7-4-3-5-8-11/h3-5,7-8,12H,2,6,9-10H2,1H3,(H,15,16)(H,17,18)/t12-/m1/s1. The maximum absolute atomic E-state index is 11.6. The van der Waals surface area contributed by atoms with Crippen LogP contribution in [0.15, 0.2) is 30.3 Å².